The van der Waals surface area contributed by atoms with Gasteiger partial charge < -0.3 is 5.32 Å². The predicted molar refractivity (Wildman–Crippen MR) is 91.1 cm³/mol. The Bertz CT molecular complexity index is 781. The number of aryl methyl sites for hydroxylation is 1. The summed E-state index contributed by atoms with van der Waals surface area (Å²) in [5.41, 5.74) is 4.11. The second-order valence-corrected chi connectivity index (χ2v) is 5.91. The van der Waals surface area contributed by atoms with Crippen LogP contribution in [0.15, 0.2) is 60.0 Å². The number of hydrogen-bond acceptors (Lipinski definition) is 3. The van der Waals surface area contributed by atoms with Crippen molar-refractivity contribution in [2.75, 3.05) is 5.32 Å². The number of anilines is 1. The van der Waals surface area contributed by atoms with E-state index in [2.05, 4.69) is 10.3 Å². The third-order valence-corrected chi connectivity index (χ3v) is 4.19. The summed E-state index contributed by atoms with van der Waals surface area (Å²) in [4.78, 5) is 16.6. The second kappa shape index (κ2) is 6.54. The van der Waals surface area contributed by atoms with Gasteiger partial charge in [0.25, 0.3) is 0 Å². The normalized spacial score (nSPS) is 10.4. The molecule has 0 radical (unpaired) electrons. The van der Waals surface area contributed by atoms with E-state index in [0.717, 1.165) is 22.4 Å². The molecule has 0 aliphatic heterocycles. The summed E-state index contributed by atoms with van der Waals surface area (Å²) >= 11 is 1.44. The minimum Gasteiger partial charge on any atom is -0.302 e. The van der Waals surface area contributed by atoms with Gasteiger partial charge in [0.05, 0.1) is 12.1 Å². The maximum atomic E-state index is 12.1. The number of aromatic nitrogens is 1. The SMILES string of the molecule is Cc1ccccc1CC(=O)Nc1nc(-c2ccccc2)cs1. The standard InChI is InChI=1S/C18H16N2OS/c1-13-7-5-6-10-15(13)11-17(21)20-18-19-16(12-22-18)14-8-3-2-4-9-14/h2-10,12H,11H2,1H3,(H,19,20,21). The second-order valence-electron chi connectivity index (χ2n) is 5.06. The number of amides is 1. The molecule has 3 aromatic rings. The molecule has 0 saturated heterocycles. The van der Waals surface area contributed by atoms with E-state index in [1.165, 1.54) is 11.3 Å². The topological polar surface area (TPSA) is 42.0 Å². The number of thiazole rings is 1. The molecule has 1 amide bonds. The lowest BCUT2D eigenvalue weighted by Crippen LogP contribution is -2.14. The molecule has 3 rings (SSSR count). The van der Waals surface area contributed by atoms with Crippen LogP contribution >= 0.6 is 11.3 Å². The molecular formula is C18H16N2OS. The first-order valence-corrected chi connectivity index (χ1v) is 7.95. The Balaban J connectivity index is 1.68. The maximum Gasteiger partial charge on any atom is 0.230 e. The fourth-order valence-electron chi connectivity index (χ4n) is 2.22. The van der Waals surface area contributed by atoms with E-state index in [0.29, 0.717) is 11.6 Å². The van der Waals surface area contributed by atoms with Gasteiger partial charge in [-0.25, -0.2) is 4.98 Å². The van der Waals surface area contributed by atoms with Crippen molar-refractivity contribution in [1.29, 1.82) is 0 Å². The van der Waals surface area contributed by atoms with E-state index >= 15 is 0 Å². The molecule has 0 spiro atoms. The molecule has 4 heteroatoms. The zero-order chi connectivity index (χ0) is 15.4. The Morgan fingerprint density at radius 2 is 1.82 bits per heavy atom. The summed E-state index contributed by atoms with van der Waals surface area (Å²) in [5, 5.41) is 5.47. The minimum atomic E-state index is -0.0386. The number of rotatable bonds is 4. The van der Waals surface area contributed by atoms with Crippen molar-refractivity contribution in [2.45, 2.75) is 13.3 Å². The monoisotopic (exact) mass is 308 g/mol. The largest absolute Gasteiger partial charge is 0.302 e. The van der Waals surface area contributed by atoms with Crippen molar-refractivity contribution < 1.29 is 4.79 Å². The third kappa shape index (κ3) is 3.40. The Hall–Kier alpha value is -2.46. The number of hydrogen-bond donors (Lipinski definition) is 1. The van der Waals surface area contributed by atoms with Gasteiger partial charge in [0.15, 0.2) is 5.13 Å². The summed E-state index contributed by atoms with van der Waals surface area (Å²) in [6.45, 7) is 2.01. The molecule has 2 aromatic carbocycles. The molecule has 1 N–H and O–H groups in total. The van der Waals surface area contributed by atoms with Crippen LogP contribution in [0.4, 0.5) is 5.13 Å². The van der Waals surface area contributed by atoms with Crippen molar-refractivity contribution in [3.05, 3.63) is 71.1 Å². The first-order valence-electron chi connectivity index (χ1n) is 7.07. The fraction of sp³-hybridized carbons (Fsp3) is 0.111. The van der Waals surface area contributed by atoms with Gasteiger partial charge in [0, 0.05) is 10.9 Å². The zero-order valence-electron chi connectivity index (χ0n) is 12.2. The number of nitrogens with one attached hydrogen (secondary N) is 1. The average molecular weight is 308 g/mol. The van der Waals surface area contributed by atoms with Gasteiger partial charge in [0.2, 0.25) is 5.91 Å². The summed E-state index contributed by atoms with van der Waals surface area (Å²) in [6, 6.07) is 17.9. The highest BCUT2D eigenvalue weighted by Gasteiger charge is 2.09. The molecule has 0 unspecified atom stereocenters. The number of nitrogens with zero attached hydrogens (tertiary/aromatic N) is 1. The lowest BCUT2D eigenvalue weighted by Gasteiger charge is -2.05. The molecule has 0 aliphatic carbocycles. The van der Waals surface area contributed by atoms with Gasteiger partial charge >= 0.3 is 0 Å². The average Bonchev–Trinajstić information content (AvgIpc) is 2.99. The minimum absolute atomic E-state index is 0.0386. The first kappa shape index (κ1) is 14.5. The molecule has 22 heavy (non-hydrogen) atoms. The molecule has 0 bridgehead atoms. The van der Waals surface area contributed by atoms with Crippen molar-refractivity contribution in [3.63, 3.8) is 0 Å². The van der Waals surface area contributed by atoms with Crippen LogP contribution in [0.1, 0.15) is 11.1 Å². The van der Waals surface area contributed by atoms with Gasteiger partial charge in [-0.15, -0.1) is 11.3 Å². The summed E-state index contributed by atoms with van der Waals surface area (Å²) in [6.07, 6.45) is 0.368. The Labute approximate surface area is 133 Å². The molecule has 1 heterocycles. The van der Waals surface area contributed by atoms with Crippen LogP contribution in [0, 0.1) is 6.92 Å². The van der Waals surface area contributed by atoms with E-state index in [4.69, 9.17) is 0 Å². The van der Waals surface area contributed by atoms with Crippen LogP contribution in [0.2, 0.25) is 0 Å². The van der Waals surface area contributed by atoms with Crippen molar-refractivity contribution >= 4 is 22.4 Å². The first-order chi connectivity index (χ1) is 10.7. The van der Waals surface area contributed by atoms with Crippen molar-refractivity contribution in [2.24, 2.45) is 0 Å². The highest BCUT2D eigenvalue weighted by molar-refractivity contribution is 7.14. The highest BCUT2D eigenvalue weighted by atomic mass is 32.1. The van der Waals surface area contributed by atoms with Crippen LogP contribution in [0.25, 0.3) is 11.3 Å². The van der Waals surface area contributed by atoms with E-state index in [1.807, 2.05) is 66.9 Å². The quantitative estimate of drug-likeness (QED) is 0.781. The van der Waals surface area contributed by atoms with E-state index < -0.39 is 0 Å². The third-order valence-electron chi connectivity index (χ3n) is 3.43. The highest BCUT2D eigenvalue weighted by Crippen LogP contribution is 2.24. The van der Waals surface area contributed by atoms with Gasteiger partial charge in [-0.3, -0.25) is 4.79 Å². The van der Waals surface area contributed by atoms with E-state index in [-0.39, 0.29) is 5.91 Å². The van der Waals surface area contributed by atoms with Gasteiger partial charge in [-0.1, -0.05) is 54.6 Å². The number of carbonyl (C=O) groups excluding carboxylic acids is 1. The Kier molecular flexibility index (Phi) is 4.30. The lowest BCUT2D eigenvalue weighted by molar-refractivity contribution is -0.115. The fourth-order valence-corrected chi connectivity index (χ4v) is 2.95. The van der Waals surface area contributed by atoms with E-state index in [1.54, 1.807) is 0 Å². The van der Waals surface area contributed by atoms with Crippen LogP contribution < -0.4 is 5.32 Å². The van der Waals surface area contributed by atoms with Gasteiger partial charge in [0.1, 0.15) is 0 Å². The van der Waals surface area contributed by atoms with E-state index in [9.17, 15) is 4.79 Å². The van der Waals surface area contributed by atoms with Crippen LogP contribution in [0.5, 0.6) is 0 Å². The van der Waals surface area contributed by atoms with Crippen molar-refractivity contribution in [3.8, 4) is 11.3 Å². The molecule has 0 fully saturated rings. The molecule has 0 atom stereocenters. The number of carbonyl (C=O) groups is 1. The van der Waals surface area contributed by atoms with Crippen LogP contribution in [-0.4, -0.2) is 10.9 Å². The Morgan fingerprint density at radius 3 is 2.59 bits per heavy atom. The maximum absolute atomic E-state index is 12.1. The Morgan fingerprint density at radius 1 is 1.09 bits per heavy atom. The summed E-state index contributed by atoms with van der Waals surface area (Å²) in [5.74, 6) is -0.0386. The molecule has 0 saturated carbocycles. The zero-order valence-corrected chi connectivity index (χ0v) is 13.1. The molecule has 1 aromatic heterocycles. The molecule has 3 nitrogen and oxygen atoms in total. The van der Waals surface area contributed by atoms with Gasteiger partial charge in [-0.05, 0) is 18.1 Å². The molecular weight excluding hydrogens is 292 g/mol. The summed E-state index contributed by atoms with van der Waals surface area (Å²) < 4.78 is 0. The number of benzene rings is 2. The molecule has 110 valence electrons. The summed E-state index contributed by atoms with van der Waals surface area (Å²) in [7, 11) is 0. The van der Waals surface area contributed by atoms with Crippen LogP contribution in [0.3, 0.4) is 0 Å². The smallest absolute Gasteiger partial charge is 0.230 e. The lowest BCUT2D eigenvalue weighted by atomic mass is 10.1. The van der Waals surface area contributed by atoms with Crippen molar-refractivity contribution in [1.82, 2.24) is 4.98 Å². The van der Waals surface area contributed by atoms with Crippen LogP contribution in [-0.2, 0) is 11.2 Å². The van der Waals surface area contributed by atoms with Gasteiger partial charge in [-0.2, -0.15) is 0 Å². The predicted octanol–water partition coefficient (Wildman–Crippen LogP) is 4.30. The molecule has 0 aliphatic rings.